The molecule has 3 aliphatic carbocycles. The van der Waals surface area contributed by atoms with E-state index in [0.29, 0.717) is 10.6 Å². The van der Waals surface area contributed by atoms with Gasteiger partial charge in [-0.15, -0.1) is 11.3 Å². The zero-order valence-corrected chi connectivity index (χ0v) is 17.7. The average Bonchev–Trinajstić information content (AvgIpc) is 3.26. The highest BCUT2D eigenvalue weighted by Gasteiger charge is 2.57. The van der Waals surface area contributed by atoms with E-state index in [2.05, 4.69) is 5.32 Å². The SMILES string of the molecule is CC(C)=C1[C@H]2CC[C@H]1[C@@H](C(=O)Nc1sc3c(c1C(N)=O)CCCCC3)[C@@H]2C(=O)O. The summed E-state index contributed by atoms with van der Waals surface area (Å²) in [6.45, 7) is 4.00. The number of hydrogen-bond acceptors (Lipinski definition) is 4. The minimum absolute atomic E-state index is 0.0269. The molecule has 4 atom stereocenters. The van der Waals surface area contributed by atoms with Crippen LogP contribution in [0.3, 0.4) is 0 Å². The second-order valence-corrected chi connectivity index (χ2v) is 9.86. The Hall–Kier alpha value is -2.15. The number of aryl methyl sites for hydroxylation is 1. The fraction of sp³-hybridized carbons (Fsp3) is 0.591. The molecular weight excluding hydrogens is 388 g/mol. The van der Waals surface area contributed by atoms with Crippen molar-refractivity contribution in [2.24, 2.45) is 29.4 Å². The van der Waals surface area contributed by atoms with E-state index in [1.165, 1.54) is 11.3 Å². The Morgan fingerprint density at radius 3 is 2.31 bits per heavy atom. The van der Waals surface area contributed by atoms with Gasteiger partial charge in [0, 0.05) is 4.88 Å². The van der Waals surface area contributed by atoms with Crippen LogP contribution in [0.15, 0.2) is 11.1 Å². The number of aliphatic carboxylic acids is 1. The van der Waals surface area contributed by atoms with Crippen molar-refractivity contribution in [2.45, 2.75) is 58.8 Å². The van der Waals surface area contributed by atoms with Crippen LogP contribution in [-0.4, -0.2) is 22.9 Å². The summed E-state index contributed by atoms with van der Waals surface area (Å²) >= 11 is 1.44. The van der Waals surface area contributed by atoms with Gasteiger partial charge in [0.15, 0.2) is 0 Å². The van der Waals surface area contributed by atoms with E-state index in [1.54, 1.807) is 0 Å². The average molecular weight is 417 g/mol. The van der Waals surface area contributed by atoms with Gasteiger partial charge < -0.3 is 16.2 Å². The number of carbonyl (C=O) groups is 3. The summed E-state index contributed by atoms with van der Waals surface area (Å²) in [6, 6.07) is 0. The first kappa shape index (κ1) is 20.1. The topological polar surface area (TPSA) is 109 Å². The first-order chi connectivity index (χ1) is 13.8. The molecule has 1 aromatic rings. The Morgan fingerprint density at radius 2 is 1.69 bits per heavy atom. The third kappa shape index (κ3) is 3.29. The summed E-state index contributed by atoms with van der Waals surface area (Å²) in [4.78, 5) is 38.6. The Balaban J connectivity index is 1.67. The smallest absolute Gasteiger partial charge is 0.307 e. The van der Waals surface area contributed by atoms with Crippen LogP contribution in [0.5, 0.6) is 0 Å². The normalized spacial score (nSPS) is 28.0. The van der Waals surface area contributed by atoms with E-state index in [1.807, 2.05) is 13.8 Å². The minimum Gasteiger partial charge on any atom is -0.481 e. The van der Waals surface area contributed by atoms with Crippen molar-refractivity contribution in [3.8, 4) is 0 Å². The number of nitrogens with one attached hydrogen (secondary N) is 1. The lowest BCUT2D eigenvalue weighted by Crippen LogP contribution is -2.38. The van der Waals surface area contributed by atoms with Gasteiger partial charge in [-0.05, 0) is 69.8 Å². The van der Waals surface area contributed by atoms with Gasteiger partial charge in [-0.1, -0.05) is 17.6 Å². The first-order valence-corrected chi connectivity index (χ1v) is 11.3. The van der Waals surface area contributed by atoms with E-state index < -0.39 is 23.7 Å². The Morgan fingerprint density at radius 1 is 1.03 bits per heavy atom. The monoisotopic (exact) mass is 416 g/mol. The molecule has 0 spiro atoms. The Bertz CT molecular complexity index is 912. The molecule has 0 aromatic carbocycles. The van der Waals surface area contributed by atoms with Crippen molar-refractivity contribution >= 4 is 34.1 Å². The molecule has 2 amide bonds. The number of primary amides is 1. The predicted molar refractivity (Wildman–Crippen MR) is 112 cm³/mol. The van der Waals surface area contributed by atoms with Gasteiger partial charge in [0.2, 0.25) is 5.91 Å². The molecule has 29 heavy (non-hydrogen) atoms. The van der Waals surface area contributed by atoms with E-state index in [9.17, 15) is 19.5 Å². The maximum Gasteiger partial charge on any atom is 0.307 e. The van der Waals surface area contributed by atoms with Crippen molar-refractivity contribution in [1.29, 1.82) is 0 Å². The van der Waals surface area contributed by atoms with Crippen LogP contribution < -0.4 is 11.1 Å². The molecule has 4 N–H and O–H groups in total. The highest BCUT2D eigenvalue weighted by Crippen LogP contribution is 2.57. The second kappa shape index (κ2) is 7.59. The molecule has 2 saturated carbocycles. The Labute approximate surface area is 174 Å². The van der Waals surface area contributed by atoms with E-state index >= 15 is 0 Å². The standard InChI is InChI=1S/C22H28N2O4S/c1-10(2)15-12-8-9-13(15)17(22(27)28)16(12)20(26)24-21-18(19(23)25)11-6-4-3-5-7-14(11)29-21/h12-13,16-17H,3-9H2,1-2H3,(H2,23,25)(H,24,26)(H,27,28)/t12-,13-,16-,17-/m1/s1. The fourth-order valence-corrected chi connectivity index (χ4v) is 7.19. The molecule has 0 unspecified atom stereocenters. The molecule has 0 saturated heterocycles. The third-order valence-electron chi connectivity index (χ3n) is 6.91. The summed E-state index contributed by atoms with van der Waals surface area (Å²) < 4.78 is 0. The summed E-state index contributed by atoms with van der Waals surface area (Å²) in [5.74, 6) is -3.11. The first-order valence-electron chi connectivity index (χ1n) is 10.5. The number of thiophene rings is 1. The molecule has 1 heterocycles. The number of amides is 2. The van der Waals surface area contributed by atoms with E-state index in [-0.39, 0.29) is 17.7 Å². The van der Waals surface area contributed by atoms with Gasteiger partial charge in [-0.3, -0.25) is 14.4 Å². The van der Waals surface area contributed by atoms with Crippen molar-refractivity contribution < 1.29 is 19.5 Å². The highest BCUT2D eigenvalue weighted by molar-refractivity contribution is 7.17. The summed E-state index contributed by atoms with van der Waals surface area (Å²) in [7, 11) is 0. The molecule has 0 aliphatic heterocycles. The maximum atomic E-state index is 13.3. The molecule has 6 nitrogen and oxygen atoms in total. The quantitative estimate of drug-likeness (QED) is 0.513. The largest absolute Gasteiger partial charge is 0.481 e. The molecule has 2 bridgehead atoms. The van der Waals surface area contributed by atoms with E-state index in [0.717, 1.165) is 66.5 Å². The summed E-state index contributed by atoms with van der Waals surface area (Å²) in [5.41, 5.74) is 9.35. The summed E-state index contributed by atoms with van der Waals surface area (Å²) in [6.07, 6.45) is 6.56. The minimum atomic E-state index is -0.909. The maximum absolute atomic E-state index is 13.3. The van der Waals surface area contributed by atoms with Gasteiger partial charge in [0.1, 0.15) is 5.00 Å². The number of allylic oxidation sites excluding steroid dienone is 2. The lowest BCUT2D eigenvalue weighted by atomic mass is 9.78. The number of hydrogen-bond donors (Lipinski definition) is 3. The van der Waals surface area contributed by atoms with Crippen LogP contribution in [0.4, 0.5) is 5.00 Å². The van der Waals surface area contributed by atoms with E-state index in [4.69, 9.17) is 5.73 Å². The predicted octanol–water partition coefficient (Wildman–Crippen LogP) is 3.75. The number of fused-ring (bicyclic) bond motifs is 3. The zero-order valence-electron chi connectivity index (χ0n) is 16.9. The molecule has 7 heteroatoms. The Kier molecular flexibility index (Phi) is 5.27. The molecular formula is C22H28N2O4S. The molecule has 4 rings (SSSR count). The van der Waals surface area contributed by atoms with Crippen LogP contribution in [0.1, 0.15) is 66.8 Å². The molecule has 2 fully saturated rings. The second-order valence-electron chi connectivity index (χ2n) is 8.76. The lowest BCUT2D eigenvalue weighted by Gasteiger charge is -2.26. The van der Waals surface area contributed by atoms with Gasteiger partial charge >= 0.3 is 5.97 Å². The van der Waals surface area contributed by atoms with Gasteiger partial charge in [0.05, 0.1) is 17.4 Å². The third-order valence-corrected chi connectivity index (χ3v) is 8.12. The highest BCUT2D eigenvalue weighted by atomic mass is 32.1. The molecule has 0 radical (unpaired) electrons. The van der Waals surface area contributed by atoms with Crippen LogP contribution >= 0.6 is 11.3 Å². The number of carboxylic acids is 1. The van der Waals surface area contributed by atoms with Crippen molar-refractivity contribution in [3.63, 3.8) is 0 Å². The number of nitrogens with two attached hydrogens (primary N) is 1. The molecule has 3 aliphatic rings. The fourth-order valence-electron chi connectivity index (χ4n) is 5.89. The number of rotatable bonds is 4. The van der Waals surface area contributed by atoms with Gasteiger partial charge in [-0.2, -0.15) is 0 Å². The number of carbonyl (C=O) groups excluding carboxylic acids is 2. The van der Waals surface area contributed by atoms with Crippen LogP contribution in [0, 0.1) is 23.7 Å². The molecule has 1 aromatic heterocycles. The van der Waals surface area contributed by atoms with Crippen LogP contribution in [-0.2, 0) is 22.4 Å². The van der Waals surface area contributed by atoms with Crippen molar-refractivity contribution in [2.75, 3.05) is 5.32 Å². The number of anilines is 1. The molecule has 156 valence electrons. The van der Waals surface area contributed by atoms with Gasteiger partial charge in [0.25, 0.3) is 5.91 Å². The number of carboxylic acid groups (broad SMARTS) is 1. The van der Waals surface area contributed by atoms with Crippen molar-refractivity contribution in [1.82, 2.24) is 0 Å². The van der Waals surface area contributed by atoms with Crippen molar-refractivity contribution in [3.05, 3.63) is 27.2 Å². The van der Waals surface area contributed by atoms with Gasteiger partial charge in [-0.25, -0.2) is 0 Å². The lowest BCUT2D eigenvalue weighted by molar-refractivity contribution is -0.148. The summed E-state index contributed by atoms with van der Waals surface area (Å²) in [5, 5.41) is 13.3. The van der Waals surface area contributed by atoms with Crippen LogP contribution in [0.25, 0.3) is 0 Å². The zero-order chi connectivity index (χ0) is 20.9. The van der Waals surface area contributed by atoms with Crippen LogP contribution in [0.2, 0.25) is 0 Å².